The molecule has 0 aromatic heterocycles. The topological polar surface area (TPSA) is 50.4 Å². The van der Waals surface area contributed by atoms with Crippen molar-refractivity contribution >= 4 is 11.6 Å². The van der Waals surface area contributed by atoms with Gasteiger partial charge in [0.25, 0.3) is 0 Å². The zero-order chi connectivity index (χ0) is 13.4. The first-order valence-electron chi connectivity index (χ1n) is 5.53. The molecule has 0 aliphatic carbocycles. The van der Waals surface area contributed by atoms with E-state index in [0.717, 1.165) is 0 Å². The molecule has 0 atom stereocenters. The minimum absolute atomic E-state index is 0.0824. The smallest absolute Gasteiger partial charge is 0.238 e. The Bertz CT molecular complexity index is 455. The molecule has 0 fully saturated rings. The Balaban J connectivity index is 2.55. The molecule has 0 saturated carbocycles. The highest BCUT2D eigenvalue weighted by atomic mass is 19.1. The summed E-state index contributed by atoms with van der Waals surface area (Å²) in [5.74, 6) is 1.73. The van der Waals surface area contributed by atoms with Crippen LogP contribution in [0.5, 0.6) is 5.75 Å². The van der Waals surface area contributed by atoms with Gasteiger partial charge in [0, 0.05) is 11.8 Å². The highest BCUT2D eigenvalue weighted by Crippen LogP contribution is 2.20. The zero-order valence-corrected chi connectivity index (χ0v) is 10.1. The van der Waals surface area contributed by atoms with Gasteiger partial charge in [0.05, 0.1) is 19.7 Å². The summed E-state index contributed by atoms with van der Waals surface area (Å²) in [7, 11) is 0. The number of hydrogen-bond donors (Lipinski definition) is 2. The number of rotatable bonds is 6. The van der Waals surface area contributed by atoms with E-state index in [1.54, 1.807) is 13.0 Å². The van der Waals surface area contributed by atoms with Crippen molar-refractivity contribution in [1.82, 2.24) is 5.32 Å². The number of terminal acetylenes is 1. The number of hydrogen-bond acceptors (Lipinski definition) is 3. The second-order valence-electron chi connectivity index (χ2n) is 3.43. The van der Waals surface area contributed by atoms with Crippen LogP contribution >= 0.6 is 0 Å². The first-order chi connectivity index (χ1) is 8.67. The average Bonchev–Trinajstić information content (AvgIpc) is 2.33. The maximum atomic E-state index is 13.5. The fourth-order valence-electron chi connectivity index (χ4n) is 1.30. The number of nitrogens with one attached hydrogen (secondary N) is 2. The number of carbonyl (C=O) groups is 1. The van der Waals surface area contributed by atoms with Gasteiger partial charge in [-0.3, -0.25) is 10.1 Å². The Morgan fingerprint density at radius 3 is 2.94 bits per heavy atom. The molecule has 0 unspecified atom stereocenters. The average molecular weight is 250 g/mol. The highest BCUT2D eigenvalue weighted by molar-refractivity contribution is 5.92. The Hall–Kier alpha value is -2.06. The van der Waals surface area contributed by atoms with E-state index in [0.29, 0.717) is 18.8 Å². The van der Waals surface area contributed by atoms with Gasteiger partial charge in [0.15, 0.2) is 11.6 Å². The summed E-state index contributed by atoms with van der Waals surface area (Å²) in [6.07, 6.45) is 5.02. The van der Waals surface area contributed by atoms with Crippen LogP contribution in [0.4, 0.5) is 10.1 Å². The largest absolute Gasteiger partial charge is 0.491 e. The van der Waals surface area contributed by atoms with Crippen LogP contribution in [0, 0.1) is 18.2 Å². The van der Waals surface area contributed by atoms with Crippen LogP contribution in [-0.4, -0.2) is 25.6 Å². The quantitative estimate of drug-likeness (QED) is 0.592. The summed E-state index contributed by atoms with van der Waals surface area (Å²) in [6, 6.07) is 4.26. The fraction of sp³-hybridized carbons (Fsp3) is 0.308. The number of amides is 1. The van der Waals surface area contributed by atoms with E-state index in [2.05, 4.69) is 16.6 Å². The summed E-state index contributed by atoms with van der Waals surface area (Å²) in [5.41, 5.74) is 0.378. The van der Waals surface area contributed by atoms with E-state index in [-0.39, 0.29) is 18.2 Å². The van der Waals surface area contributed by atoms with Gasteiger partial charge in [-0.2, -0.15) is 0 Å². The van der Waals surface area contributed by atoms with Crippen LogP contribution in [0.2, 0.25) is 0 Å². The SMILES string of the molecule is C#CCNCC(=O)Nc1ccc(OCC)c(F)c1. The minimum Gasteiger partial charge on any atom is -0.491 e. The summed E-state index contributed by atoms with van der Waals surface area (Å²) in [4.78, 5) is 11.4. The molecule has 0 spiro atoms. The second-order valence-corrected chi connectivity index (χ2v) is 3.43. The molecule has 0 aliphatic rings. The molecule has 18 heavy (non-hydrogen) atoms. The van der Waals surface area contributed by atoms with E-state index in [1.807, 2.05) is 0 Å². The van der Waals surface area contributed by atoms with E-state index >= 15 is 0 Å². The first kappa shape index (κ1) is 14.0. The van der Waals surface area contributed by atoms with Gasteiger partial charge in [-0.15, -0.1) is 6.42 Å². The molecule has 1 aromatic rings. The summed E-state index contributed by atoms with van der Waals surface area (Å²) in [5, 5.41) is 5.28. The van der Waals surface area contributed by atoms with E-state index < -0.39 is 5.82 Å². The van der Waals surface area contributed by atoms with Crippen molar-refractivity contribution in [1.29, 1.82) is 0 Å². The lowest BCUT2D eigenvalue weighted by molar-refractivity contribution is -0.115. The standard InChI is InChI=1S/C13H15FN2O2/c1-3-7-15-9-13(17)16-10-5-6-12(18-4-2)11(14)8-10/h1,5-6,8,15H,4,7,9H2,2H3,(H,16,17). The Morgan fingerprint density at radius 1 is 1.56 bits per heavy atom. The molecule has 1 aromatic carbocycles. The molecule has 0 radical (unpaired) electrons. The Kier molecular flexibility index (Phi) is 5.68. The van der Waals surface area contributed by atoms with Crippen molar-refractivity contribution < 1.29 is 13.9 Å². The van der Waals surface area contributed by atoms with Gasteiger partial charge in [0.2, 0.25) is 5.91 Å². The van der Waals surface area contributed by atoms with E-state index in [1.165, 1.54) is 12.1 Å². The van der Waals surface area contributed by atoms with E-state index in [9.17, 15) is 9.18 Å². The van der Waals surface area contributed by atoms with Crippen LogP contribution in [0.15, 0.2) is 18.2 Å². The lowest BCUT2D eigenvalue weighted by Crippen LogP contribution is -2.28. The molecule has 4 nitrogen and oxygen atoms in total. The molecule has 96 valence electrons. The molecular formula is C13H15FN2O2. The third-order valence-electron chi connectivity index (χ3n) is 2.03. The van der Waals surface area contributed by atoms with Crippen molar-refractivity contribution in [3.05, 3.63) is 24.0 Å². The predicted octanol–water partition coefficient (Wildman–Crippen LogP) is 1.39. The second kappa shape index (κ2) is 7.30. The molecule has 1 rings (SSSR count). The Labute approximate surface area is 106 Å². The number of anilines is 1. The number of halogens is 1. The van der Waals surface area contributed by atoms with Gasteiger partial charge in [-0.25, -0.2) is 4.39 Å². The molecule has 0 heterocycles. The third kappa shape index (κ3) is 4.44. The molecule has 2 N–H and O–H groups in total. The third-order valence-corrected chi connectivity index (χ3v) is 2.03. The lowest BCUT2D eigenvalue weighted by Gasteiger charge is -2.08. The maximum Gasteiger partial charge on any atom is 0.238 e. The number of carbonyl (C=O) groups excluding carboxylic acids is 1. The number of ether oxygens (including phenoxy) is 1. The molecule has 5 heteroatoms. The van der Waals surface area contributed by atoms with Crippen LogP contribution in [0.3, 0.4) is 0 Å². The van der Waals surface area contributed by atoms with Crippen molar-refractivity contribution in [2.75, 3.05) is 25.0 Å². The van der Waals surface area contributed by atoms with Crippen LogP contribution in [-0.2, 0) is 4.79 Å². The lowest BCUT2D eigenvalue weighted by atomic mass is 10.3. The summed E-state index contributed by atoms with van der Waals surface area (Å²) >= 11 is 0. The monoisotopic (exact) mass is 250 g/mol. The molecule has 0 saturated heterocycles. The van der Waals surface area contributed by atoms with Gasteiger partial charge < -0.3 is 10.1 Å². The van der Waals surface area contributed by atoms with Crippen LogP contribution < -0.4 is 15.4 Å². The fourth-order valence-corrected chi connectivity index (χ4v) is 1.30. The molecule has 0 bridgehead atoms. The van der Waals surface area contributed by atoms with Gasteiger partial charge in [-0.1, -0.05) is 5.92 Å². The molecule has 0 aliphatic heterocycles. The van der Waals surface area contributed by atoms with Crippen molar-refractivity contribution in [2.24, 2.45) is 0 Å². The maximum absolute atomic E-state index is 13.5. The van der Waals surface area contributed by atoms with Gasteiger partial charge >= 0.3 is 0 Å². The molecule has 1 amide bonds. The van der Waals surface area contributed by atoms with Gasteiger partial charge in [0.1, 0.15) is 0 Å². The normalized spacial score (nSPS) is 9.61. The predicted molar refractivity (Wildman–Crippen MR) is 67.9 cm³/mol. The van der Waals surface area contributed by atoms with Crippen LogP contribution in [0.25, 0.3) is 0 Å². The van der Waals surface area contributed by atoms with Crippen molar-refractivity contribution in [3.63, 3.8) is 0 Å². The van der Waals surface area contributed by atoms with E-state index in [4.69, 9.17) is 11.2 Å². The summed E-state index contributed by atoms with van der Waals surface area (Å²) in [6.45, 7) is 2.55. The van der Waals surface area contributed by atoms with Gasteiger partial charge in [-0.05, 0) is 19.1 Å². The Morgan fingerprint density at radius 2 is 2.33 bits per heavy atom. The van der Waals surface area contributed by atoms with Crippen molar-refractivity contribution in [3.8, 4) is 18.1 Å². The number of benzene rings is 1. The zero-order valence-electron chi connectivity index (χ0n) is 10.1. The first-order valence-corrected chi connectivity index (χ1v) is 5.53. The minimum atomic E-state index is -0.508. The summed E-state index contributed by atoms with van der Waals surface area (Å²) < 4.78 is 18.5. The van der Waals surface area contributed by atoms with Crippen LogP contribution in [0.1, 0.15) is 6.92 Å². The van der Waals surface area contributed by atoms with Crippen molar-refractivity contribution in [2.45, 2.75) is 6.92 Å². The molecular weight excluding hydrogens is 235 g/mol. The highest BCUT2D eigenvalue weighted by Gasteiger charge is 2.06.